The fourth-order valence-electron chi connectivity index (χ4n) is 5.36. The van der Waals surface area contributed by atoms with Crippen LogP contribution in [0.15, 0.2) is 49.1 Å². The monoisotopic (exact) mass is 384 g/mol. The molecule has 1 N–H and O–H groups in total. The van der Waals surface area contributed by atoms with Crippen molar-refractivity contribution < 1.29 is 17.4 Å². The number of ether oxygens (including phenoxy) is 1. The van der Waals surface area contributed by atoms with Crippen LogP contribution >= 0.6 is 10.8 Å². The molecule has 4 saturated heterocycles. The highest BCUT2D eigenvalue weighted by Gasteiger charge is 2.66. The van der Waals surface area contributed by atoms with Gasteiger partial charge in [-0.15, -0.1) is 6.58 Å². The molecule has 4 heterocycles. The van der Waals surface area contributed by atoms with Crippen molar-refractivity contribution in [1.29, 1.82) is 0 Å². The Morgan fingerprint density at radius 3 is 2.96 bits per heavy atom. The predicted octanol–water partition coefficient (Wildman–Crippen LogP) is 5.39. The van der Waals surface area contributed by atoms with Gasteiger partial charge in [-0.2, -0.15) is 3.89 Å². The minimum absolute atomic E-state index is 0.164. The van der Waals surface area contributed by atoms with E-state index in [1.807, 2.05) is 6.07 Å². The zero-order valence-corrected chi connectivity index (χ0v) is 16.4. The van der Waals surface area contributed by atoms with Crippen LogP contribution in [0.1, 0.15) is 24.5 Å². The lowest BCUT2D eigenvalue weighted by molar-refractivity contribution is -0.822. The van der Waals surface area contributed by atoms with E-state index in [1.54, 1.807) is 7.11 Å². The summed E-state index contributed by atoms with van der Waals surface area (Å²) >= 11 is 0. The maximum absolute atomic E-state index is 11.3. The summed E-state index contributed by atoms with van der Waals surface area (Å²) in [5, 5.41) is 2.28. The number of rotatable bonds is 3. The SMILES string of the molecule is [CH2]S1(O)OC(c2cccc3ccc(OC)cc23)C2CC3C[CH][N@+]21CC3C=C. The van der Waals surface area contributed by atoms with Gasteiger partial charge in [0, 0.05) is 18.8 Å². The fourth-order valence-corrected chi connectivity index (χ4v) is 7.42. The first-order valence-corrected chi connectivity index (χ1v) is 11.1. The molecule has 142 valence electrons. The number of methoxy groups -OCH3 is 1. The number of hydrogen-bond donors (Lipinski definition) is 1. The number of piperidine rings is 3. The van der Waals surface area contributed by atoms with E-state index in [9.17, 15) is 4.55 Å². The summed E-state index contributed by atoms with van der Waals surface area (Å²) in [4.78, 5) is 0. The highest BCUT2D eigenvalue weighted by molar-refractivity contribution is 8.21. The molecule has 0 saturated carbocycles. The third kappa shape index (κ3) is 2.35. The molecule has 0 aliphatic carbocycles. The Bertz CT molecular complexity index is 914. The molecule has 1 spiro atoms. The second kappa shape index (κ2) is 5.98. The van der Waals surface area contributed by atoms with Gasteiger partial charge in [0.2, 0.25) is 0 Å². The van der Waals surface area contributed by atoms with Crippen molar-refractivity contribution in [2.24, 2.45) is 11.8 Å². The average Bonchev–Trinajstić information content (AvgIpc) is 2.94. The van der Waals surface area contributed by atoms with Gasteiger partial charge >= 0.3 is 0 Å². The Labute approximate surface area is 162 Å². The highest BCUT2D eigenvalue weighted by atomic mass is 32.3. The van der Waals surface area contributed by atoms with Gasteiger partial charge < -0.3 is 4.74 Å². The lowest BCUT2D eigenvalue weighted by Gasteiger charge is -2.57. The molecule has 5 heteroatoms. The molecule has 0 aromatic heterocycles. The summed E-state index contributed by atoms with van der Waals surface area (Å²) < 4.78 is 23.6. The van der Waals surface area contributed by atoms with Crippen LogP contribution in [0.25, 0.3) is 10.8 Å². The van der Waals surface area contributed by atoms with Crippen LogP contribution in [0, 0.1) is 24.6 Å². The molecular weight excluding hydrogens is 358 g/mol. The fraction of sp³-hybridized carbons (Fsp3) is 0.364. The highest BCUT2D eigenvalue weighted by Crippen LogP contribution is 2.72. The Hall–Kier alpha value is -1.53. The van der Waals surface area contributed by atoms with E-state index >= 15 is 0 Å². The molecule has 0 amide bonds. The Kier molecular flexibility index (Phi) is 3.89. The lowest BCUT2D eigenvalue weighted by Crippen LogP contribution is -2.61. The van der Waals surface area contributed by atoms with Gasteiger partial charge in [0.25, 0.3) is 0 Å². The Morgan fingerprint density at radius 2 is 2.19 bits per heavy atom. The summed E-state index contributed by atoms with van der Waals surface area (Å²) in [5.74, 6) is 1.83. The van der Waals surface area contributed by atoms with E-state index in [1.165, 1.54) is 0 Å². The molecule has 2 radical (unpaired) electrons. The van der Waals surface area contributed by atoms with Crippen LogP contribution < -0.4 is 4.74 Å². The molecule has 6 rings (SSSR count). The van der Waals surface area contributed by atoms with Crippen molar-refractivity contribution in [3.05, 3.63) is 67.4 Å². The lowest BCUT2D eigenvalue weighted by atomic mass is 9.73. The van der Waals surface area contributed by atoms with Crippen molar-refractivity contribution >= 4 is 21.5 Å². The van der Waals surface area contributed by atoms with Gasteiger partial charge in [0.1, 0.15) is 24.6 Å². The standard InChI is InChI=1S/C22H26NO3S/c1-4-15-14-23-11-10-17(15)12-21(23)22(26-27(23,3)24)19-7-5-6-16-8-9-18(25-2)13-20(16)19/h4-9,11,13,15,17,21-22,24H,1,3,10,12,14H2,2H3/q+1/t15?,17?,21?,22?,23-/m0/s1. The smallest absolute Gasteiger partial charge is 0.166 e. The minimum Gasteiger partial charge on any atom is -0.497 e. The van der Waals surface area contributed by atoms with Crippen LogP contribution in [0.5, 0.6) is 5.75 Å². The molecule has 2 bridgehead atoms. The molecule has 4 aliphatic heterocycles. The van der Waals surface area contributed by atoms with Crippen molar-refractivity contribution in [3.8, 4) is 5.75 Å². The van der Waals surface area contributed by atoms with E-state index in [4.69, 9.17) is 8.92 Å². The molecule has 5 unspecified atom stereocenters. The van der Waals surface area contributed by atoms with Gasteiger partial charge in [-0.25, -0.2) is 4.18 Å². The van der Waals surface area contributed by atoms with Crippen molar-refractivity contribution in [3.63, 3.8) is 0 Å². The second-order valence-corrected chi connectivity index (χ2v) is 10.1. The van der Waals surface area contributed by atoms with Crippen molar-refractivity contribution in [1.82, 2.24) is 0 Å². The largest absolute Gasteiger partial charge is 0.497 e. The average molecular weight is 385 g/mol. The Morgan fingerprint density at radius 1 is 1.33 bits per heavy atom. The number of fused-ring (bicyclic) bond motifs is 3. The first-order valence-electron chi connectivity index (χ1n) is 9.47. The van der Waals surface area contributed by atoms with E-state index in [2.05, 4.69) is 55.8 Å². The number of hydrogen-bond acceptors (Lipinski definition) is 3. The van der Waals surface area contributed by atoms with Crippen molar-refractivity contribution in [2.75, 3.05) is 13.7 Å². The molecule has 4 aliphatic rings. The molecule has 6 atom stereocenters. The van der Waals surface area contributed by atoms with Gasteiger partial charge in [-0.05, 0) is 34.4 Å². The summed E-state index contributed by atoms with van der Waals surface area (Å²) in [6.45, 7) is 7.14. The van der Waals surface area contributed by atoms with Gasteiger partial charge in [0.15, 0.2) is 12.6 Å². The van der Waals surface area contributed by atoms with Crippen LogP contribution in [0.4, 0.5) is 0 Å². The van der Waals surface area contributed by atoms with E-state index in [0.717, 1.165) is 41.5 Å². The summed E-state index contributed by atoms with van der Waals surface area (Å²) in [7, 11) is -0.807. The third-order valence-electron chi connectivity index (χ3n) is 6.80. The van der Waals surface area contributed by atoms with Gasteiger partial charge in [0.05, 0.1) is 7.11 Å². The number of quaternary nitrogens is 1. The topological polar surface area (TPSA) is 38.7 Å². The van der Waals surface area contributed by atoms with Crippen LogP contribution in [-0.4, -0.2) is 28.1 Å². The first kappa shape index (κ1) is 17.6. The third-order valence-corrected chi connectivity index (χ3v) is 8.94. The van der Waals surface area contributed by atoms with Crippen LogP contribution in [0.2, 0.25) is 0 Å². The molecule has 2 aromatic carbocycles. The zero-order valence-electron chi connectivity index (χ0n) is 15.6. The summed E-state index contributed by atoms with van der Waals surface area (Å²) in [6, 6.07) is 12.6. The maximum atomic E-state index is 11.3. The zero-order chi connectivity index (χ0) is 18.8. The minimum atomic E-state index is -2.49. The van der Waals surface area contributed by atoms with Gasteiger partial charge in [-0.1, -0.05) is 41.1 Å². The van der Waals surface area contributed by atoms with E-state index in [-0.39, 0.29) is 12.1 Å². The number of nitrogens with zero attached hydrogens (tertiary/aromatic N) is 1. The molecule has 4 fully saturated rings. The molecular formula is C22H26NO3S+. The molecule has 2 aromatic rings. The number of benzene rings is 2. The Balaban J connectivity index is 1.64. The van der Waals surface area contributed by atoms with Crippen LogP contribution in [-0.2, 0) is 4.18 Å². The van der Waals surface area contributed by atoms with E-state index < -0.39 is 10.8 Å². The van der Waals surface area contributed by atoms with Crippen LogP contribution in [0.3, 0.4) is 0 Å². The van der Waals surface area contributed by atoms with Gasteiger partial charge in [-0.3, -0.25) is 4.55 Å². The first-order chi connectivity index (χ1) is 13.0. The quantitative estimate of drug-likeness (QED) is 0.569. The predicted molar refractivity (Wildman–Crippen MR) is 110 cm³/mol. The van der Waals surface area contributed by atoms with E-state index in [0.29, 0.717) is 15.7 Å². The second-order valence-electron chi connectivity index (χ2n) is 7.98. The molecule has 27 heavy (non-hydrogen) atoms. The van der Waals surface area contributed by atoms with Crippen molar-refractivity contribution in [2.45, 2.75) is 25.0 Å². The molecule has 4 nitrogen and oxygen atoms in total. The summed E-state index contributed by atoms with van der Waals surface area (Å²) in [6.07, 6.45) is 8.10. The maximum Gasteiger partial charge on any atom is 0.166 e. The normalized spacial score (nSPS) is 42.5. The summed E-state index contributed by atoms with van der Waals surface area (Å²) in [5.41, 5.74) is 1.12.